The Kier molecular flexibility index (Phi) is 5.76. The third-order valence-electron chi connectivity index (χ3n) is 2.65. The maximum absolute atomic E-state index is 10.1. The van der Waals surface area contributed by atoms with Crippen molar-refractivity contribution in [1.29, 1.82) is 0 Å². The summed E-state index contributed by atoms with van der Waals surface area (Å²) in [6.45, 7) is 0. The largest absolute Gasteiger partial charge is 0.392 e. The van der Waals surface area contributed by atoms with Gasteiger partial charge in [-0.1, -0.05) is 51.8 Å². The molecule has 2 aromatic rings. The molecule has 0 aliphatic rings. The van der Waals surface area contributed by atoms with Crippen LogP contribution < -0.4 is 0 Å². The van der Waals surface area contributed by atoms with Crippen LogP contribution in [0.4, 0.5) is 0 Å². The molecule has 0 saturated heterocycles. The van der Waals surface area contributed by atoms with Crippen LogP contribution in [0.1, 0.15) is 5.56 Å². The number of aliphatic hydroxyl groups is 1. The van der Waals surface area contributed by atoms with E-state index in [1.165, 1.54) is 0 Å². The predicted octanol–water partition coefficient (Wildman–Crippen LogP) is 4.80. The molecule has 0 aromatic heterocycles. The van der Waals surface area contributed by atoms with Gasteiger partial charge in [0.1, 0.15) is 0 Å². The van der Waals surface area contributed by atoms with Crippen molar-refractivity contribution in [2.45, 2.75) is 17.4 Å². The van der Waals surface area contributed by atoms with Crippen LogP contribution in [0.15, 0.2) is 57.9 Å². The van der Waals surface area contributed by atoms with Crippen LogP contribution in [0.2, 0.25) is 5.02 Å². The number of hydrogen-bond acceptors (Lipinski definition) is 2. The minimum Gasteiger partial charge on any atom is -0.392 e. The Hall–Kier alpha value is -0.480. The molecule has 0 radical (unpaired) electrons. The minimum atomic E-state index is -0.373. The second-order valence-electron chi connectivity index (χ2n) is 4.22. The fourth-order valence-electron chi connectivity index (χ4n) is 1.73. The van der Waals surface area contributed by atoms with E-state index in [9.17, 15) is 5.11 Å². The summed E-state index contributed by atoms with van der Waals surface area (Å²) in [7, 11) is 0. The highest BCUT2D eigenvalue weighted by Crippen LogP contribution is 2.24. The summed E-state index contributed by atoms with van der Waals surface area (Å²) in [5.41, 5.74) is 1.13. The molecule has 4 heteroatoms. The van der Waals surface area contributed by atoms with E-state index in [0.717, 1.165) is 20.0 Å². The molecule has 0 bridgehead atoms. The highest BCUT2D eigenvalue weighted by molar-refractivity contribution is 9.10. The van der Waals surface area contributed by atoms with Crippen molar-refractivity contribution in [3.63, 3.8) is 0 Å². The molecule has 0 heterocycles. The van der Waals surface area contributed by atoms with Gasteiger partial charge in [-0.15, -0.1) is 11.8 Å². The summed E-state index contributed by atoms with van der Waals surface area (Å²) in [4.78, 5) is 1.08. The lowest BCUT2D eigenvalue weighted by Gasteiger charge is -2.11. The molecule has 19 heavy (non-hydrogen) atoms. The first-order valence-electron chi connectivity index (χ1n) is 5.95. The topological polar surface area (TPSA) is 20.2 Å². The summed E-state index contributed by atoms with van der Waals surface area (Å²) in [5, 5.41) is 10.8. The number of halogens is 2. The van der Waals surface area contributed by atoms with Gasteiger partial charge < -0.3 is 5.11 Å². The predicted molar refractivity (Wildman–Crippen MR) is 86.0 cm³/mol. The van der Waals surface area contributed by atoms with Crippen LogP contribution in [0.5, 0.6) is 0 Å². The van der Waals surface area contributed by atoms with E-state index in [-0.39, 0.29) is 6.10 Å². The van der Waals surface area contributed by atoms with E-state index in [1.807, 2.05) is 48.5 Å². The van der Waals surface area contributed by atoms with Crippen LogP contribution >= 0.6 is 39.3 Å². The summed E-state index contributed by atoms with van der Waals surface area (Å²) in [5.74, 6) is 0.654. The first-order chi connectivity index (χ1) is 9.15. The Labute approximate surface area is 131 Å². The molecule has 2 rings (SSSR count). The van der Waals surface area contributed by atoms with E-state index in [1.54, 1.807) is 11.8 Å². The first-order valence-corrected chi connectivity index (χ1v) is 8.10. The van der Waals surface area contributed by atoms with Gasteiger partial charge >= 0.3 is 0 Å². The quantitative estimate of drug-likeness (QED) is 0.776. The smallest absolute Gasteiger partial charge is 0.0674 e. The van der Waals surface area contributed by atoms with Crippen LogP contribution in [0, 0.1) is 0 Å². The lowest BCUT2D eigenvalue weighted by molar-refractivity contribution is 0.200. The molecule has 1 unspecified atom stereocenters. The standard InChI is InChI=1S/C15H14BrClOS/c16-15-7-2-1-4-11(15)8-13(18)10-19-14-6-3-5-12(17)9-14/h1-7,9,13,18H,8,10H2. The van der Waals surface area contributed by atoms with Gasteiger partial charge in [0.05, 0.1) is 6.10 Å². The van der Waals surface area contributed by atoms with Gasteiger partial charge in [0, 0.05) is 26.6 Å². The average Bonchev–Trinajstić information content (AvgIpc) is 2.39. The maximum atomic E-state index is 10.1. The van der Waals surface area contributed by atoms with Crippen LogP contribution in [0.3, 0.4) is 0 Å². The van der Waals surface area contributed by atoms with Gasteiger partial charge in [-0.2, -0.15) is 0 Å². The molecule has 2 aromatic carbocycles. The van der Waals surface area contributed by atoms with Gasteiger partial charge in [-0.05, 0) is 29.8 Å². The number of hydrogen-bond donors (Lipinski definition) is 1. The Morgan fingerprint density at radius 3 is 2.68 bits per heavy atom. The second-order valence-corrected chi connectivity index (χ2v) is 6.60. The molecule has 0 aliphatic heterocycles. The van der Waals surface area contributed by atoms with Crippen LogP contribution in [0.25, 0.3) is 0 Å². The van der Waals surface area contributed by atoms with Crippen LogP contribution in [-0.4, -0.2) is 17.0 Å². The average molecular weight is 358 g/mol. The van der Waals surface area contributed by atoms with Gasteiger partial charge in [-0.3, -0.25) is 0 Å². The highest BCUT2D eigenvalue weighted by atomic mass is 79.9. The lowest BCUT2D eigenvalue weighted by Crippen LogP contribution is -2.13. The molecular formula is C15H14BrClOS. The van der Waals surface area contributed by atoms with Crippen molar-refractivity contribution >= 4 is 39.3 Å². The molecule has 100 valence electrons. The van der Waals surface area contributed by atoms with E-state index in [2.05, 4.69) is 15.9 Å². The van der Waals surface area contributed by atoms with Crippen molar-refractivity contribution in [3.05, 3.63) is 63.6 Å². The molecular weight excluding hydrogens is 344 g/mol. The Morgan fingerprint density at radius 2 is 1.95 bits per heavy atom. The molecule has 1 N–H and O–H groups in total. The van der Waals surface area contributed by atoms with E-state index < -0.39 is 0 Å². The number of thioether (sulfide) groups is 1. The molecule has 1 nitrogen and oxygen atoms in total. The van der Waals surface area contributed by atoms with Gasteiger partial charge in [-0.25, -0.2) is 0 Å². The van der Waals surface area contributed by atoms with Gasteiger partial charge in [0.25, 0.3) is 0 Å². The normalized spacial score (nSPS) is 12.4. The zero-order valence-electron chi connectivity index (χ0n) is 10.2. The third kappa shape index (κ3) is 4.84. The van der Waals surface area contributed by atoms with Crippen LogP contribution in [-0.2, 0) is 6.42 Å². The summed E-state index contributed by atoms with van der Waals surface area (Å²) in [6, 6.07) is 15.7. The summed E-state index contributed by atoms with van der Waals surface area (Å²) in [6.07, 6.45) is 0.275. The fourth-order valence-corrected chi connectivity index (χ4v) is 3.32. The van der Waals surface area contributed by atoms with E-state index >= 15 is 0 Å². The number of aliphatic hydroxyl groups excluding tert-OH is 1. The highest BCUT2D eigenvalue weighted by Gasteiger charge is 2.08. The number of rotatable bonds is 5. The maximum Gasteiger partial charge on any atom is 0.0674 e. The SMILES string of the molecule is OC(CSc1cccc(Cl)c1)Cc1ccccc1Br. The second kappa shape index (κ2) is 7.34. The molecule has 0 aliphatic carbocycles. The van der Waals surface area contributed by atoms with E-state index in [4.69, 9.17) is 11.6 Å². The summed E-state index contributed by atoms with van der Waals surface area (Å²) >= 11 is 11.0. The Morgan fingerprint density at radius 1 is 1.16 bits per heavy atom. The first kappa shape index (κ1) is 14.9. The zero-order chi connectivity index (χ0) is 13.7. The third-order valence-corrected chi connectivity index (χ3v) is 4.80. The zero-order valence-corrected chi connectivity index (χ0v) is 13.4. The van der Waals surface area contributed by atoms with Crippen molar-refractivity contribution in [1.82, 2.24) is 0 Å². The molecule has 0 saturated carbocycles. The monoisotopic (exact) mass is 356 g/mol. The minimum absolute atomic E-state index is 0.373. The van der Waals surface area contributed by atoms with Crippen molar-refractivity contribution < 1.29 is 5.11 Å². The molecule has 0 spiro atoms. The van der Waals surface area contributed by atoms with Crippen molar-refractivity contribution in [3.8, 4) is 0 Å². The summed E-state index contributed by atoms with van der Waals surface area (Å²) < 4.78 is 1.04. The Balaban J connectivity index is 1.88. The molecule has 1 atom stereocenters. The molecule has 0 amide bonds. The Bertz CT molecular complexity index is 547. The van der Waals surface area contributed by atoms with E-state index in [0.29, 0.717) is 12.2 Å². The van der Waals surface area contributed by atoms with Gasteiger partial charge in [0.15, 0.2) is 0 Å². The molecule has 0 fully saturated rings. The number of benzene rings is 2. The van der Waals surface area contributed by atoms with Crippen molar-refractivity contribution in [2.75, 3.05) is 5.75 Å². The van der Waals surface area contributed by atoms with Gasteiger partial charge in [0.2, 0.25) is 0 Å². The lowest BCUT2D eigenvalue weighted by atomic mass is 10.1. The van der Waals surface area contributed by atoms with Crippen molar-refractivity contribution in [2.24, 2.45) is 0 Å². The fraction of sp³-hybridized carbons (Fsp3) is 0.200.